The normalized spacial score (nSPS) is 20.0. The Hall–Kier alpha value is -1.65. The van der Waals surface area contributed by atoms with Crippen LogP contribution in [0.3, 0.4) is 0 Å². The molecule has 0 atom stereocenters. The minimum absolute atomic E-state index is 0.0865. The molecule has 0 bridgehead atoms. The highest BCUT2D eigenvalue weighted by Crippen LogP contribution is 2.21. The Balaban J connectivity index is 1.62. The standard InChI is InChI=1S/C14H20N4O/c19-14(18-11-6-7-11)12-8-13(16-9-15-12)17-10-4-2-1-3-5-10/h8-11H,1-7H2,(H,18,19)(H,15,16,17). The molecule has 19 heavy (non-hydrogen) atoms. The number of hydrogen-bond acceptors (Lipinski definition) is 4. The van der Waals surface area contributed by atoms with Crippen LogP contribution in [0.25, 0.3) is 0 Å². The van der Waals surface area contributed by atoms with E-state index in [2.05, 4.69) is 20.6 Å². The first-order valence-electron chi connectivity index (χ1n) is 7.21. The SMILES string of the molecule is O=C(NC1CC1)c1cc(NC2CCCCC2)ncn1. The number of hydrogen-bond donors (Lipinski definition) is 2. The Morgan fingerprint density at radius 1 is 1.05 bits per heavy atom. The van der Waals surface area contributed by atoms with Crippen molar-refractivity contribution in [1.82, 2.24) is 15.3 Å². The first kappa shape index (κ1) is 12.4. The average molecular weight is 260 g/mol. The van der Waals surface area contributed by atoms with E-state index in [1.165, 1.54) is 38.4 Å². The van der Waals surface area contributed by atoms with E-state index in [9.17, 15) is 4.79 Å². The van der Waals surface area contributed by atoms with Gasteiger partial charge in [-0.25, -0.2) is 9.97 Å². The Kier molecular flexibility index (Phi) is 3.62. The summed E-state index contributed by atoms with van der Waals surface area (Å²) in [4.78, 5) is 20.2. The minimum atomic E-state index is -0.0865. The van der Waals surface area contributed by atoms with Crippen molar-refractivity contribution in [2.75, 3.05) is 5.32 Å². The number of nitrogens with one attached hydrogen (secondary N) is 2. The van der Waals surface area contributed by atoms with Crippen molar-refractivity contribution in [3.8, 4) is 0 Å². The third-order valence-electron chi connectivity index (χ3n) is 3.77. The van der Waals surface area contributed by atoms with Crippen LogP contribution in [0.4, 0.5) is 5.82 Å². The maximum atomic E-state index is 11.9. The van der Waals surface area contributed by atoms with Crippen LogP contribution in [-0.4, -0.2) is 28.0 Å². The Labute approximate surface area is 113 Å². The Morgan fingerprint density at radius 3 is 2.58 bits per heavy atom. The van der Waals surface area contributed by atoms with Crippen LogP contribution in [0.5, 0.6) is 0 Å². The van der Waals surface area contributed by atoms with Crippen LogP contribution < -0.4 is 10.6 Å². The second-order valence-electron chi connectivity index (χ2n) is 5.52. The van der Waals surface area contributed by atoms with Gasteiger partial charge in [-0.1, -0.05) is 19.3 Å². The maximum absolute atomic E-state index is 11.9. The molecule has 2 aliphatic carbocycles. The first-order chi connectivity index (χ1) is 9.31. The summed E-state index contributed by atoms with van der Waals surface area (Å²) >= 11 is 0. The molecule has 5 heteroatoms. The van der Waals surface area contributed by atoms with E-state index < -0.39 is 0 Å². The highest BCUT2D eigenvalue weighted by atomic mass is 16.2. The first-order valence-corrected chi connectivity index (χ1v) is 7.21. The van der Waals surface area contributed by atoms with Gasteiger partial charge in [0.1, 0.15) is 17.8 Å². The van der Waals surface area contributed by atoms with Crippen molar-refractivity contribution in [3.63, 3.8) is 0 Å². The second-order valence-corrected chi connectivity index (χ2v) is 5.52. The number of anilines is 1. The zero-order chi connectivity index (χ0) is 13.1. The number of nitrogens with zero attached hydrogens (tertiary/aromatic N) is 2. The summed E-state index contributed by atoms with van der Waals surface area (Å²) in [6.07, 6.45) is 9.90. The van der Waals surface area contributed by atoms with E-state index in [4.69, 9.17) is 0 Å². The highest BCUT2D eigenvalue weighted by Gasteiger charge is 2.24. The monoisotopic (exact) mass is 260 g/mol. The highest BCUT2D eigenvalue weighted by molar-refractivity contribution is 5.93. The van der Waals surface area contributed by atoms with E-state index in [0.29, 0.717) is 17.8 Å². The van der Waals surface area contributed by atoms with Gasteiger partial charge >= 0.3 is 0 Å². The molecular formula is C14H20N4O. The molecule has 0 unspecified atom stereocenters. The Morgan fingerprint density at radius 2 is 1.84 bits per heavy atom. The molecular weight excluding hydrogens is 240 g/mol. The van der Waals surface area contributed by atoms with Crippen molar-refractivity contribution in [3.05, 3.63) is 18.1 Å². The van der Waals surface area contributed by atoms with Crippen LogP contribution in [0, 0.1) is 0 Å². The average Bonchev–Trinajstić information content (AvgIpc) is 3.24. The smallest absolute Gasteiger partial charge is 0.270 e. The quantitative estimate of drug-likeness (QED) is 0.870. The van der Waals surface area contributed by atoms with Crippen molar-refractivity contribution >= 4 is 11.7 Å². The lowest BCUT2D eigenvalue weighted by Gasteiger charge is -2.23. The van der Waals surface area contributed by atoms with Gasteiger partial charge in [0.15, 0.2) is 0 Å². The number of aromatic nitrogens is 2. The lowest BCUT2D eigenvalue weighted by Crippen LogP contribution is -2.27. The molecule has 2 fully saturated rings. The predicted octanol–water partition coefficient (Wildman–Crippen LogP) is 2.11. The van der Waals surface area contributed by atoms with Crippen molar-refractivity contribution in [2.24, 2.45) is 0 Å². The van der Waals surface area contributed by atoms with Crippen molar-refractivity contribution in [1.29, 1.82) is 0 Å². The molecule has 1 aromatic rings. The topological polar surface area (TPSA) is 66.9 Å². The van der Waals surface area contributed by atoms with E-state index in [1.54, 1.807) is 6.07 Å². The van der Waals surface area contributed by atoms with E-state index >= 15 is 0 Å². The summed E-state index contributed by atoms with van der Waals surface area (Å²) in [6, 6.07) is 2.60. The van der Waals surface area contributed by atoms with Gasteiger partial charge in [0.25, 0.3) is 5.91 Å². The van der Waals surface area contributed by atoms with Crippen molar-refractivity contribution in [2.45, 2.75) is 57.0 Å². The Bertz CT molecular complexity index is 453. The molecule has 0 saturated heterocycles. The van der Waals surface area contributed by atoms with Crippen molar-refractivity contribution < 1.29 is 4.79 Å². The molecule has 2 N–H and O–H groups in total. The lowest BCUT2D eigenvalue weighted by molar-refractivity contribution is 0.0946. The van der Waals surface area contributed by atoms with Gasteiger partial charge < -0.3 is 10.6 Å². The van der Waals surface area contributed by atoms with Crippen LogP contribution in [-0.2, 0) is 0 Å². The van der Waals surface area contributed by atoms with Gasteiger partial charge in [-0.15, -0.1) is 0 Å². The molecule has 1 heterocycles. The summed E-state index contributed by atoms with van der Waals surface area (Å²) in [7, 11) is 0. The molecule has 0 aromatic carbocycles. The fourth-order valence-electron chi connectivity index (χ4n) is 2.50. The van der Waals surface area contributed by atoms with Crippen LogP contribution in [0.2, 0.25) is 0 Å². The third-order valence-corrected chi connectivity index (χ3v) is 3.77. The zero-order valence-corrected chi connectivity index (χ0v) is 11.1. The summed E-state index contributed by atoms with van der Waals surface area (Å²) in [5, 5.41) is 6.36. The van der Waals surface area contributed by atoms with Gasteiger partial charge in [0.2, 0.25) is 0 Å². The molecule has 2 saturated carbocycles. The lowest BCUT2D eigenvalue weighted by atomic mass is 9.95. The number of rotatable bonds is 4. The number of carbonyl (C=O) groups excluding carboxylic acids is 1. The number of carbonyl (C=O) groups is 1. The number of amides is 1. The van der Waals surface area contributed by atoms with Gasteiger partial charge in [-0.05, 0) is 25.7 Å². The van der Waals surface area contributed by atoms with E-state index in [0.717, 1.165) is 18.7 Å². The molecule has 1 amide bonds. The largest absolute Gasteiger partial charge is 0.367 e. The van der Waals surface area contributed by atoms with Crippen LogP contribution >= 0.6 is 0 Å². The maximum Gasteiger partial charge on any atom is 0.270 e. The van der Waals surface area contributed by atoms with Gasteiger partial charge in [0.05, 0.1) is 0 Å². The van der Waals surface area contributed by atoms with Crippen LogP contribution in [0.15, 0.2) is 12.4 Å². The van der Waals surface area contributed by atoms with Crippen LogP contribution in [0.1, 0.15) is 55.4 Å². The molecule has 0 aliphatic heterocycles. The molecule has 0 spiro atoms. The predicted molar refractivity (Wildman–Crippen MR) is 73.0 cm³/mol. The molecule has 5 nitrogen and oxygen atoms in total. The second kappa shape index (κ2) is 5.55. The summed E-state index contributed by atoms with van der Waals surface area (Å²) in [5.74, 6) is 0.680. The fourth-order valence-corrected chi connectivity index (χ4v) is 2.50. The fraction of sp³-hybridized carbons (Fsp3) is 0.643. The summed E-state index contributed by atoms with van der Waals surface area (Å²) < 4.78 is 0. The molecule has 1 aromatic heterocycles. The van der Waals surface area contributed by atoms with Gasteiger partial charge in [0, 0.05) is 18.2 Å². The van der Waals surface area contributed by atoms with E-state index in [1.807, 2.05) is 0 Å². The third kappa shape index (κ3) is 3.43. The molecule has 0 radical (unpaired) electrons. The minimum Gasteiger partial charge on any atom is -0.367 e. The molecule has 3 rings (SSSR count). The zero-order valence-electron chi connectivity index (χ0n) is 11.1. The van der Waals surface area contributed by atoms with Gasteiger partial charge in [-0.3, -0.25) is 4.79 Å². The summed E-state index contributed by atoms with van der Waals surface area (Å²) in [5.41, 5.74) is 0.459. The molecule has 102 valence electrons. The van der Waals surface area contributed by atoms with Gasteiger partial charge in [-0.2, -0.15) is 0 Å². The molecule has 2 aliphatic rings. The summed E-state index contributed by atoms with van der Waals surface area (Å²) in [6.45, 7) is 0. The van der Waals surface area contributed by atoms with E-state index in [-0.39, 0.29) is 5.91 Å².